The number of rotatable bonds is 4. The Labute approximate surface area is 202 Å². The highest BCUT2D eigenvalue weighted by Gasteiger charge is 2.45. The van der Waals surface area contributed by atoms with E-state index in [0.29, 0.717) is 23.6 Å². The molecule has 4 aliphatic rings. The summed E-state index contributed by atoms with van der Waals surface area (Å²) in [5.41, 5.74) is 3.71. The van der Waals surface area contributed by atoms with Gasteiger partial charge in [0.25, 0.3) is 11.8 Å². The Morgan fingerprint density at radius 2 is 1.89 bits per heavy atom. The molecule has 2 unspecified atom stereocenters. The lowest BCUT2D eigenvalue weighted by Gasteiger charge is -2.31. The number of piperidine rings is 1. The molecule has 0 spiro atoms. The van der Waals surface area contributed by atoms with Gasteiger partial charge >= 0.3 is 0 Å². The Morgan fingerprint density at radius 1 is 1.00 bits per heavy atom. The molecule has 4 aliphatic heterocycles. The minimum atomic E-state index is -0.965. The molecule has 0 bridgehead atoms. The first-order valence-electron chi connectivity index (χ1n) is 12.3. The summed E-state index contributed by atoms with van der Waals surface area (Å²) in [6.45, 7) is 3.21. The third kappa shape index (κ3) is 3.70. The Hall–Kier alpha value is -3.59. The van der Waals surface area contributed by atoms with Gasteiger partial charge in [-0.2, -0.15) is 0 Å². The van der Waals surface area contributed by atoms with E-state index in [1.807, 2.05) is 6.07 Å². The number of hydrogen-bond donors (Lipinski definition) is 2. The molecule has 9 heteroatoms. The van der Waals surface area contributed by atoms with Crippen LogP contribution in [0.5, 0.6) is 0 Å². The van der Waals surface area contributed by atoms with E-state index >= 15 is 0 Å². The van der Waals surface area contributed by atoms with Gasteiger partial charge in [-0.3, -0.25) is 29.4 Å². The monoisotopic (exact) mass is 473 g/mol. The standard InChI is InChI=1S/C26H27N5O4/c32-21-9-8-20(24(33)29-21)31-25(34)18-5-1-3-17(22(18)26(31)35)14-30-12-2-4-15-6-7-19(28-23(15)30)16-10-11-27-13-16/h1,3,5-7,16,20,27H,2,4,8-14H2,(H,29,32,33). The second kappa shape index (κ2) is 8.57. The van der Waals surface area contributed by atoms with Crippen LogP contribution in [0.4, 0.5) is 5.82 Å². The van der Waals surface area contributed by atoms with Crippen molar-refractivity contribution in [1.29, 1.82) is 0 Å². The van der Waals surface area contributed by atoms with Crippen molar-refractivity contribution < 1.29 is 19.2 Å². The molecule has 2 atom stereocenters. The van der Waals surface area contributed by atoms with Gasteiger partial charge in [-0.1, -0.05) is 18.2 Å². The minimum Gasteiger partial charge on any atom is -0.352 e. The molecule has 6 rings (SSSR count). The van der Waals surface area contributed by atoms with Gasteiger partial charge in [0.1, 0.15) is 11.9 Å². The number of carbonyl (C=O) groups is 4. The first-order chi connectivity index (χ1) is 17.0. The number of amides is 4. The fraction of sp³-hybridized carbons (Fsp3) is 0.423. The van der Waals surface area contributed by atoms with Crippen molar-refractivity contribution in [3.05, 3.63) is 58.3 Å². The van der Waals surface area contributed by atoms with Crippen LogP contribution in [0.15, 0.2) is 30.3 Å². The van der Waals surface area contributed by atoms with E-state index in [-0.39, 0.29) is 18.7 Å². The molecule has 0 saturated carbocycles. The van der Waals surface area contributed by atoms with Gasteiger partial charge in [-0.25, -0.2) is 4.98 Å². The number of aromatic nitrogens is 1. The van der Waals surface area contributed by atoms with Crippen LogP contribution in [-0.4, -0.2) is 59.2 Å². The zero-order valence-corrected chi connectivity index (χ0v) is 19.4. The van der Waals surface area contributed by atoms with Crippen LogP contribution in [0, 0.1) is 0 Å². The van der Waals surface area contributed by atoms with E-state index in [1.54, 1.807) is 12.1 Å². The molecule has 2 saturated heterocycles. The molecule has 4 amide bonds. The lowest BCUT2D eigenvalue weighted by atomic mass is 9.98. The summed E-state index contributed by atoms with van der Waals surface area (Å²) >= 11 is 0. The number of fused-ring (bicyclic) bond motifs is 2. The summed E-state index contributed by atoms with van der Waals surface area (Å²) in [5.74, 6) is -0.558. The first-order valence-corrected chi connectivity index (χ1v) is 12.3. The number of pyridine rings is 1. The second-order valence-corrected chi connectivity index (χ2v) is 9.72. The normalized spacial score (nSPS) is 24.0. The fourth-order valence-corrected chi connectivity index (χ4v) is 5.74. The molecule has 0 radical (unpaired) electrons. The summed E-state index contributed by atoms with van der Waals surface area (Å²) in [6.07, 6.45) is 3.28. The molecular weight excluding hydrogens is 446 g/mol. The van der Waals surface area contributed by atoms with Crippen LogP contribution in [0.3, 0.4) is 0 Å². The van der Waals surface area contributed by atoms with E-state index < -0.39 is 23.8 Å². The molecule has 0 aliphatic carbocycles. The molecule has 9 nitrogen and oxygen atoms in total. The van der Waals surface area contributed by atoms with Crippen LogP contribution in [0.25, 0.3) is 0 Å². The van der Waals surface area contributed by atoms with Crippen LogP contribution < -0.4 is 15.5 Å². The fourth-order valence-electron chi connectivity index (χ4n) is 5.74. The van der Waals surface area contributed by atoms with Crippen LogP contribution in [0.2, 0.25) is 0 Å². The highest BCUT2D eigenvalue weighted by Crippen LogP contribution is 2.34. The van der Waals surface area contributed by atoms with E-state index in [1.165, 1.54) is 5.56 Å². The molecule has 2 fully saturated rings. The zero-order valence-electron chi connectivity index (χ0n) is 19.4. The summed E-state index contributed by atoms with van der Waals surface area (Å²) in [6, 6.07) is 8.65. The van der Waals surface area contributed by atoms with Gasteiger partial charge in [-0.05, 0) is 55.5 Å². The SMILES string of the molecule is O=C1CCC(N2C(=O)c3cccc(CN4CCCc5ccc(C6CCNC6)nc54)c3C2=O)C(=O)N1. The third-order valence-electron chi connectivity index (χ3n) is 7.55. The number of hydrogen-bond acceptors (Lipinski definition) is 7. The van der Waals surface area contributed by atoms with Gasteiger partial charge in [0.15, 0.2) is 0 Å². The number of benzene rings is 1. The molecule has 35 heavy (non-hydrogen) atoms. The highest BCUT2D eigenvalue weighted by molar-refractivity contribution is 6.24. The lowest BCUT2D eigenvalue weighted by Crippen LogP contribution is -2.54. The quantitative estimate of drug-likeness (QED) is 0.648. The van der Waals surface area contributed by atoms with Crippen LogP contribution >= 0.6 is 0 Å². The average molecular weight is 474 g/mol. The summed E-state index contributed by atoms with van der Waals surface area (Å²) in [5, 5.41) is 5.65. The molecule has 1 aromatic heterocycles. The predicted molar refractivity (Wildman–Crippen MR) is 127 cm³/mol. The number of carbonyl (C=O) groups excluding carboxylic acids is 4. The second-order valence-electron chi connectivity index (χ2n) is 9.72. The summed E-state index contributed by atoms with van der Waals surface area (Å²) < 4.78 is 0. The van der Waals surface area contributed by atoms with Gasteiger partial charge in [-0.15, -0.1) is 0 Å². The van der Waals surface area contributed by atoms with Crippen LogP contribution in [0.1, 0.15) is 69.1 Å². The van der Waals surface area contributed by atoms with E-state index in [2.05, 4.69) is 27.7 Å². The van der Waals surface area contributed by atoms with Crippen molar-refractivity contribution in [3.8, 4) is 0 Å². The smallest absolute Gasteiger partial charge is 0.262 e. The molecule has 2 aromatic rings. The first kappa shape index (κ1) is 21.9. The Kier molecular flexibility index (Phi) is 5.36. The zero-order chi connectivity index (χ0) is 24.1. The number of aryl methyl sites for hydroxylation is 1. The number of nitrogens with one attached hydrogen (secondary N) is 2. The maximum absolute atomic E-state index is 13.5. The van der Waals surface area contributed by atoms with Crippen molar-refractivity contribution in [2.45, 2.75) is 50.6 Å². The highest BCUT2D eigenvalue weighted by atomic mass is 16.2. The minimum absolute atomic E-state index is 0.103. The van der Waals surface area contributed by atoms with Gasteiger partial charge in [0.2, 0.25) is 11.8 Å². The molecule has 1 aromatic carbocycles. The third-order valence-corrected chi connectivity index (χ3v) is 7.55. The average Bonchev–Trinajstić information content (AvgIpc) is 3.48. The van der Waals surface area contributed by atoms with Crippen molar-refractivity contribution in [1.82, 2.24) is 20.5 Å². The number of anilines is 1. The van der Waals surface area contributed by atoms with Crippen molar-refractivity contribution in [2.24, 2.45) is 0 Å². The Balaban J connectivity index is 1.31. The van der Waals surface area contributed by atoms with Crippen molar-refractivity contribution in [3.63, 3.8) is 0 Å². The van der Waals surface area contributed by atoms with E-state index in [4.69, 9.17) is 4.98 Å². The number of nitrogens with zero attached hydrogens (tertiary/aromatic N) is 3. The molecule has 5 heterocycles. The van der Waals surface area contributed by atoms with E-state index in [0.717, 1.165) is 60.9 Å². The largest absolute Gasteiger partial charge is 0.352 e. The van der Waals surface area contributed by atoms with Gasteiger partial charge in [0, 0.05) is 37.7 Å². The van der Waals surface area contributed by atoms with Crippen molar-refractivity contribution in [2.75, 3.05) is 24.5 Å². The van der Waals surface area contributed by atoms with Gasteiger partial charge in [0.05, 0.1) is 11.1 Å². The van der Waals surface area contributed by atoms with Gasteiger partial charge < -0.3 is 10.2 Å². The van der Waals surface area contributed by atoms with E-state index in [9.17, 15) is 19.2 Å². The summed E-state index contributed by atoms with van der Waals surface area (Å²) in [7, 11) is 0. The molecular formula is C26H27N5O4. The van der Waals surface area contributed by atoms with Crippen LogP contribution in [-0.2, 0) is 22.6 Å². The Bertz CT molecular complexity index is 1250. The topological polar surface area (TPSA) is 112 Å². The predicted octanol–water partition coefficient (Wildman–Crippen LogP) is 1.51. The Morgan fingerprint density at radius 3 is 2.69 bits per heavy atom. The maximum Gasteiger partial charge on any atom is 0.262 e. The molecule has 180 valence electrons. The maximum atomic E-state index is 13.5. The molecule has 2 N–H and O–H groups in total. The number of imide groups is 2. The van der Waals surface area contributed by atoms with Crippen molar-refractivity contribution >= 4 is 29.4 Å². The summed E-state index contributed by atoms with van der Waals surface area (Å²) in [4.78, 5) is 58.9. The lowest BCUT2D eigenvalue weighted by molar-refractivity contribution is -0.136.